The number of nitrogens with zero attached hydrogens (tertiary/aromatic N) is 2. The number of aliphatic hydroxyl groups excluding tert-OH is 1. The van der Waals surface area contributed by atoms with Crippen molar-refractivity contribution in [1.29, 1.82) is 0 Å². The van der Waals surface area contributed by atoms with Gasteiger partial charge >= 0.3 is 0 Å². The van der Waals surface area contributed by atoms with E-state index in [4.69, 9.17) is 10.5 Å². The Balaban J connectivity index is 2.02. The number of anilines is 2. The molecule has 0 aliphatic carbocycles. The molecule has 1 aromatic heterocycles. The number of nitrogens with two attached hydrogens (primary N) is 1. The highest BCUT2D eigenvalue weighted by Gasteiger charge is 2.11. The zero-order valence-corrected chi connectivity index (χ0v) is 11.3. The van der Waals surface area contributed by atoms with Gasteiger partial charge < -0.3 is 20.9 Å². The van der Waals surface area contributed by atoms with Crippen molar-refractivity contribution in [2.75, 3.05) is 24.2 Å². The van der Waals surface area contributed by atoms with E-state index in [9.17, 15) is 5.11 Å². The van der Waals surface area contributed by atoms with Gasteiger partial charge in [-0.05, 0) is 12.5 Å². The van der Waals surface area contributed by atoms with Gasteiger partial charge in [0.1, 0.15) is 12.0 Å². The SMILES string of the molecule is CCOc1ncnc(NCC(O)c2ccccc2)c1N. The van der Waals surface area contributed by atoms with E-state index >= 15 is 0 Å². The first-order valence-corrected chi connectivity index (χ1v) is 6.42. The number of nitrogens with one attached hydrogen (secondary N) is 1. The highest BCUT2D eigenvalue weighted by Crippen LogP contribution is 2.25. The van der Waals surface area contributed by atoms with Gasteiger partial charge in [-0.15, -0.1) is 0 Å². The lowest BCUT2D eigenvalue weighted by Gasteiger charge is -2.14. The molecule has 1 atom stereocenters. The lowest BCUT2D eigenvalue weighted by molar-refractivity contribution is 0.191. The van der Waals surface area contributed by atoms with Gasteiger partial charge in [-0.2, -0.15) is 4.98 Å². The molecule has 0 fully saturated rings. The van der Waals surface area contributed by atoms with Crippen LogP contribution in [0, 0.1) is 0 Å². The summed E-state index contributed by atoms with van der Waals surface area (Å²) >= 11 is 0. The summed E-state index contributed by atoms with van der Waals surface area (Å²) in [5.41, 5.74) is 7.07. The van der Waals surface area contributed by atoms with Crippen LogP contribution >= 0.6 is 0 Å². The van der Waals surface area contributed by atoms with Crippen LogP contribution in [0.2, 0.25) is 0 Å². The first-order valence-electron chi connectivity index (χ1n) is 6.42. The number of hydrogen-bond acceptors (Lipinski definition) is 6. The second-order valence-corrected chi connectivity index (χ2v) is 4.18. The van der Waals surface area contributed by atoms with Crippen molar-refractivity contribution in [2.24, 2.45) is 0 Å². The van der Waals surface area contributed by atoms with Gasteiger partial charge in [0.2, 0.25) is 5.88 Å². The summed E-state index contributed by atoms with van der Waals surface area (Å²) in [5.74, 6) is 0.803. The van der Waals surface area contributed by atoms with Crippen LogP contribution in [0.3, 0.4) is 0 Å². The molecule has 0 amide bonds. The second-order valence-electron chi connectivity index (χ2n) is 4.18. The van der Waals surface area contributed by atoms with Gasteiger partial charge in [0.05, 0.1) is 12.7 Å². The van der Waals surface area contributed by atoms with Crippen LogP contribution in [0.1, 0.15) is 18.6 Å². The van der Waals surface area contributed by atoms with E-state index in [0.717, 1.165) is 5.56 Å². The zero-order chi connectivity index (χ0) is 14.4. The minimum Gasteiger partial charge on any atom is -0.476 e. The van der Waals surface area contributed by atoms with Crippen LogP contribution in [-0.4, -0.2) is 28.2 Å². The van der Waals surface area contributed by atoms with Gasteiger partial charge in [0.25, 0.3) is 0 Å². The Hall–Kier alpha value is -2.34. The Morgan fingerprint density at radius 1 is 1.30 bits per heavy atom. The largest absolute Gasteiger partial charge is 0.476 e. The molecule has 1 aromatic carbocycles. The number of benzene rings is 1. The predicted molar refractivity (Wildman–Crippen MR) is 77.5 cm³/mol. The fourth-order valence-electron chi connectivity index (χ4n) is 1.76. The fraction of sp³-hybridized carbons (Fsp3) is 0.286. The van der Waals surface area contributed by atoms with Crippen LogP contribution < -0.4 is 15.8 Å². The smallest absolute Gasteiger partial charge is 0.242 e. The van der Waals surface area contributed by atoms with Crippen LogP contribution in [0.4, 0.5) is 11.5 Å². The highest BCUT2D eigenvalue weighted by molar-refractivity contribution is 5.66. The summed E-state index contributed by atoms with van der Waals surface area (Å²) in [4.78, 5) is 8.00. The number of aliphatic hydroxyl groups is 1. The Labute approximate surface area is 117 Å². The van der Waals surface area contributed by atoms with E-state index in [-0.39, 0.29) is 0 Å². The van der Waals surface area contributed by atoms with E-state index < -0.39 is 6.10 Å². The van der Waals surface area contributed by atoms with Gasteiger partial charge in [-0.25, -0.2) is 4.98 Å². The molecule has 2 rings (SSSR count). The fourth-order valence-corrected chi connectivity index (χ4v) is 1.76. The van der Waals surface area contributed by atoms with Crippen molar-refractivity contribution >= 4 is 11.5 Å². The first kappa shape index (κ1) is 14.1. The van der Waals surface area contributed by atoms with Crippen molar-refractivity contribution in [3.8, 4) is 5.88 Å². The van der Waals surface area contributed by atoms with E-state index in [2.05, 4.69) is 15.3 Å². The maximum Gasteiger partial charge on any atom is 0.242 e. The van der Waals surface area contributed by atoms with Crippen molar-refractivity contribution in [3.63, 3.8) is 0 Å². The summed E-state index contributed by atoms with van der Waals surface area (Å²) in [6, 6.07) is 9.39. The maximum atomic E-state index is 10.1. The van der Waals surface area contributed by atoms with Crippen molar-refractivity contribution in [2.45, 2.75) is 13.0 Å². The molecule has 20 heavy (non-hydrogen) atoms. The molecule has 1 unspecified atom stereocenters. The summed E-state index contributed by atoms with van der Waals surface area (Å²) in [5, 5.41) is 13.1. The van der Waals surface area contributed by atoms with Gasteiger partial charge in [-0.3, -0.25) is 0 Å². The van der Waals surface area contributed by atoms with Gasteiger partial charge in [0, 0.05) is 6.54 Å². The predicted octanol–water partition coefficient (Wildman–Crippen LogP) is 1.60. The zero-order valence-electron chi connectivity index (χ0n) is 11.3. The molecule has 0 aliphatic heterocycles. The Morgan fingerprint density at radius 3 is 2.75 bits per heavy atom. The topological polar surface area (TPSA) is 93.3 Å². The monoisotopic (exact) mass is 274 g/mol. The van der Waals surface area contributed by atoms with Crippen LogP contribution in [0.25, 0.3) is 0 Å². The molecular formula is C14H18N4O2. The summed E-state index contributed by atoms with van der Waals surface area (Å²) < 4.78 is 5.29. The average Bonchev–Trinajstić information content (AvgIpc) is 2.49. The molecule has 4 N–H and O–H groups in total. The number of hydrogen-bond donors (Lipinski definition) is 3. The average molecular weight is 274 g/mol. The lowest BCUT2D eigenvalue weighted by atomic mass is 10.1. The number of ether oxygens (including phenoxy) is 1. The first-order chi connectivity index (χ1) is 9.72. The Morgan fingerprint density at radius 2 is 2.05 bits per heavy atom. The third-order valence-corrected chi connectivity index (χ3v) is 2.78. The maximum absolute atomic E-state index is 10.1. The lowest BCUT2D eigenvalue weighted by Crippen LogP contribution is -2.15. The van der Waals surface area contributed by atoms with E-state index in [1.165, 1.54) is 6.33 Å². The van der Waals surface area contributed by atoms with E-state index in [1.54, 1.807) is 0 Å². The van der Waals surface area contributed by atoms with Crippen molar-refractivity contribution in [3.05, 3.63) is 42.2 Å². The van der Waals surface area contributed by atoms with Crippen molar-refractivity contribution < 1.29 is 9.84 Å². The molecule has 0 aliphatic rings. The number of nitrogen functional groups attached to an aromatic ring is 1. The third-order valence-electron chi connectivity index (χ3n) is 2.78. The molecule has 106 valence electrons. The molecule has 6 nitrogen and oxygen atoms in total. The standard InChI is InChI=1S/C14H18N4O2/c1-2-20-14-12(15)13(17-9-18-14)16-8-11(19)10-6-4-3-5-7-10/h3-7,9,11,19H,2,8,15H2,1H3,(H,16,17,18). The number of rotatable bonds is 6. The molecule has 0 bridgehead atoms. The molecule has 0 saturated carbocycles. The summed E-state index contributed by atoms with van der Waals surface area (Å²) in [6.07, 6.45) is 0.736. The van der Waals surface area contributed by atoms with E-state index in [1.807, 2.05) is 37.3 Å². The third kappa shape index (κ3) is 3.36. The Bertz CT molecular complexity index is 548. The summed E-state index contributed by atoms with van der Waals surface area (Å²) in [7, 11) is 0. The van der Waals surface area contributed by atoms with Crippen LogP contribution in [-0.2, 0) is 0 Å². The van der Waals surface area contributed by atoms with Crippen LogP contribution in [0.5, 0.6) is 5.88 Å². The highest BCUT2D eigenvalue weighted by atomic mass is 16.5. The molecule has 2 aromatic rings. The molecular weight excluding hydrogens is 256 g/mol. The minimum absolute atomic E-state index is 0.302. The van der Waals surface area contributed by atoms with Crippen molar-refractivity contribution in [1.82, 2.24) is 9.97 Å². The quantitative estimate of drug-likeness (QED) is 0.741. The molecule has 6 heteroatoms. The molecule has 1 heterocycles. The van der Waals surface area contributed by atoms with Crippen LogP contribution in [0.15, 0.2) is 36.7 Å². The van der Waals surface area contributed by atoms with Gasteiger partial charge in [-0.1, -0.05) is 30.3 Å². The van der Waals surface area contributed by atoms with Gasteiger partial charge in [0.15, 0.2) is 5.82 Å². The summed E-state index contributed by atoms with van der Waals surface area (Å²) in [6.45, 7) is 2.64. The molecule has 0 spiro atoms. The van der Waals surface area contributed by atoms with E-state index in [0.29, 0.717) is 30.5 Å². The number of aromatic nitrogens is 2. The molecule has 0 radical (unpaired) electrons. The normalized spacial score (nSPS) is 11.9. The minimum atomic E-state index is -0.638. The second kappa shape index (κ2) is 6.72. The molecule has 0 saturated heterocycles. The Kier molecular flexibility index (Phi) is 4.73.